The molecular weight excluding hydrogens is 579 g/mol. The lowest BCUT2D eigenvalue weighted by Gasteiger charge is -2.35. The van der Waals surface area contributed by atoms with Crippen LogP contribution in [0.25, 0.3) is 47.7 Å². The molecule has 0 amide bonds. The van der Waals surface area contributed by atoms with E-state index in [0.29, 0.717) is 0 Å². The summed E-state index contributed by atoms with van der Waals surface area (Å²) in [6, 6.07) is 65.4. The second-order valence-electron chi connectivity index (χ2n) is 11.6. The van der Waals surface area contributed by atoms with Gasteiger partial charge in [0, 0.05) is 36.6 Å². The molecule has 1 nitrogen and oxygen atoms in total. The van der Waals surface area contributed by atoms with Crippen LogP contribution in [-0.2, 0) is 0 Å². The van der Waals surface area contributed by atoms with Crippen LogP contribution < -0.4 is 20.7 Å². The summed E-state index contributed by atoms with van der Waals surface area (Å²) in [5.41, 5.74) is 3.65. The van der Waals surface area contributed by atoms with Crippen LogP contribution in [0.3, 0.4) is 0 Å². The van der Waals surface area contributed by atoms with Crippen LogP contribution in [-0.4, -0.2) is 12.6 Å². The lowest BCUT2D eigenvalue weighted by atomic mass is 10.1. The summed E-state index contributed by atoms with van der Waals surface area (Å²) in [5.74, 6) is 0. The lowest BCUT2D eigenvalue weighted by Crippen LogP contribution is -2.75. The Hall–Kier alpha value is -5.22. The standard InChI is InChI=1S/C42H29NSSi/c1-4-16-30(17-5-1)43-35-24-12-10-22-33(35)41-36(43)25-14-28-39(41)45(31-18-6-2-7-19-31,32-20-8-3-9-21-32)40-29-15-27-38-42(40)34-23-11-13-26-37(34)44-38/h1-29H. The molecule has 0 aliphatic carbocycles. The fraction of sp³-hybridized carbons (Fsp3) is 0. The van der Waals surface area contributed by atoms with Gasteiger partial charge in [-0.15, -0.1) is 11.3 Å². The molecule has 45 heavy (non-hydrogen) atoms. The average Bonchev–Trinajstić information content (AvgIpc) is 3.67. The molecule has 0 radical (unpaired) electrons. The van der Waals surface area contributed by atoms with E-state index in [1.54, 1.807) is 0 Å². The minimum atomic E-state index is -2.92. The molecule has 0 unspecified atom stereocenters. The van der Waals surface area contributed by atoms with Crippen molar-refractivity contribution in [3.63, 3.8) is 0 Å². The van der Waals surface area contributed by atoms with E-state index in [1.807, 2.05) is 11.3 Å². The largest absolute Gasteiger partial charge is 0.309 e. The first-order valence-corrected chi connectivity index (χ1v) is 18.3. The van der Waals surface area contributed by atoms with Crippen molar-refractivity contribution < 1.29 is 0 Å². The third kappa shape index (κ3) is 3.85. The zero-order chi connectivity index (χ0) is 29.8. The second kappa shape index (κ2) is 10.4. The van der Waals surface area contributed by atoms with Gasteiger partial charge < -0.3 is 4.57 Å². The van der Waals surface area contributed by atoms with E-state index >= 15 is 0 Å². The van der Waals surface area contributed by atoms with E-state index in [4.69, 9.17) is 0 Å². The molecule has 0 aliphatic rings. The summed E-state index contributed by atoms with van der Waals surface area (Å²) in [4.78, 5) is 0. The molecule has 0 fully saturated rings. The van der Waals surface area contributed by atoms with Crippen molar-refractivity contribution in [1.82, 2.24) is 4.57 Å². The zero-order valence-corrected chi connectivity index (χ0v) is 26.4. The molecule has 7 aromatic carbocycles. The van der Waals surface area contributed by atoms with Crippen molar-refractivity contribution in [2.24, 2.45) is 0 Å². The topological polar surface area (TPSA) is 4.93 Å². The van der Waals surface area contributed by atoms with Crippen LogP contribution in [0.1, 0.15) is 0 Å². The monoisotopic (exact) mass is 607 g/mol. The Balaban J connectivity index is 1.54. The van der Waals surface area contributed by atoms with Gasteiger partial charge in [0.2, 0.25) is 0 Å². The average molecular weight is 608 g/mol. The van der Waals surface area contributed by atoms with E-state index in [-0.39, 0.29) is 0 Å². The molecule has 0 saturated carbocycles. The van der Waals surface area contributed by atoms with Gasteiger partial charge in [-0.25, -0.2) is 0 Å². The normalized spacial score (nSPS) is 12.0. The molecule has 0 N–H and O–H groups in total. The molecule has 2 heterocycles. The quantitative estimate of drug-likeness (QED) is 0.137. The Morgan fingerprint density at radius 3 is 1.60 bits per heavy atom. The highest BCUT2D eigenvalue weighted by molar-refractivity contribution is 7.27. The maximum atomic E-state index is 2.45. The third-order valence-corrected chi connectivity index (χ3v) is 15.3. The molecule has 0 aliphatic heterocycles. The van der Waals surface area contributed by atoms with Crippen molar-refractivity contribution in [1.29, 1.82) is 0 Å². The van der Waals surface area contributed by atoms with E-state index < -0.39 is 8.07 Å². The summed E-state index contributed by atoms with van der Waals surface area (Å²) in [5, 5.41) is 11.0. The maximum absolute atomic E-state index is 2.92. The number of hydrogen-bond donors (Lipinski definition) is 0. The Morgan fingerprint density at radius 1 is 0.378 bits per heavy atom. The number of hydrogen-bond acceptors (Lipinski definition) is 1. The number of aromatic nitrogens is 1. The van der Waals surface area contributed by atoms with Gasteiger partial charge >= 0.3 is 0 Å². The second-order valence-corrected chi connectivity index (χ2v) is 16.5. The van der Waals surface area contributed by atoms with Gasteiger partial charge in [-0.05, 0) is 57.1 Å². The Labute approximate surface area is 267 Å². The minimum absolute atomic E-state index is 1.18. The summed E-state index contributed by atoms with van der Waals surface area (Å²) < 4.78 is 5.13. The predicted molar refractivity (Wildman–Crippen MR) is 197 cm³/mol. The first-order valence-electron chi connectivity index (χ1n) is 15.5. The number of nitrogens with zero attached hydrogens (tertiary/aromatic N) is 1. The van der Waals surface area contributed by atoms with Crippen LogP contribution in [0.2, 0.25) is 0 Å². The molecular formula is C42H29NSSi. The number of para-hydroxylation sites is 2. The molecule has 0 bridgehead atoms. The highest BCUT2D eigenvalue weighted by Crippen LogP contribution is 2.36. The lowest BCUT2D eigenvalue weighted by molar-refractivity contribution is 1.18. The van der Waals surface area contributed by atoms with Gasteiger partial charge in [0.15, 0.2) is 8.07 Å². The van der Waals surface area contributed by atoms with Crippen LogP contribution >= 0.6 is 11.3 Å². The van der Waals surface area contributed by atoms with E-state index in [2.05, 4.69) is 180 Å². The Morgan fingerprint density at radius 2 is 0.889 bits per heavy atom. The zero-order valence-electron chi connectivity index (χ0n) is 24.6. The van der Waals surface area contributed by atoms with Crippen LogP contribution in [0.15, 0.2) is 176 Å². The number of rotatable bonds is 5. The van der Waals surface area contributed by atoms with E-state index in [9.17, 15) is 0 Å². The fourth-order valence-electron chi connectivity index (χ4n) is 7.58. The van der Waals surface area contributed by atoms with Crippen molar-refractivity contribution in [2.45, 2.75) is 0 Å². The first-order chi connectivity index (χ1) is 22.4. The van der Waals surface area contributed by atoms with Gasteiger partial charge in [-0.1, -0.05) is 140 Å². The van der Waals surface area contributed by atoms with Gasteiger partial charge in [0.1, 0.15) is 0 Å². The van der Waals surface area contributed by atoms with Gasteiger partial charge in [0.05, 0.1) is 11.0 Å². The Bertz CT molecular complexity index is 2440. The van der Waals surface area contributed by atoms with E-state index in [1.165, 1.54) is 68.4 Å². The molecule has 0 saturated heterocycles. The van der Waals surface area contributed by atoms with Gasteiger partial charge in [-0.3, -0.25) is 0 Å². The fourth-order valence-corrected chi connectivity index (χ4v) is 14.0. The molecule has 3 heteroatoms. The van der Waals surface area contributed by atoms with Crippen molar-refractivity contribution in [3.05, 3.63) is 176 Å². The molecule has 9 aromatic rings. The predicted octanol–water partition coefficient (Wildman–Crippen LogP) is 8.53. The molecule has 9 rings (SSSR count). The van der Waals surface area contributed by atoms with Crippen molar-refractivity contribution >= 4 is 82.1 Å². The smallest absolute Gasteiger partial charge is 0.181 e. The van der Waals surface area contributed by atoms with Crippen molar-refractivity contribution in [3.8, 4) is 5.69 Å². The molecule has 2 aromatic heterocycles. The molecule has 212 valence electrons. The van der Waals surface area contributed by atoms with Crippen LogP contribution in [0.4, 0.5) is 0 Å². The molecule has 0 spiro atoms. The van der Waals surface area contributed by atoms with Crippen LogP contribution in [0, 0.1) is 0 Å². The number of benzene rings is 7. The third-order valence-electron chi connectivity index (χ3n) is 9.34. The summed E-state index contributed by atoms with van der Waals surface area (Å²) in [6.07, 6.45) is 0. The summed E-state index contributed by atoms with van der Waals surface area (Å²) >= 11 is 1.90. The van der Waals surface area contributed by atoms with Crippen molar-refractivity contribution in [2.75, 3.05) is 0 Å². The summed E-state index contributed by atoms with van der Waals surface area (Å²) in [6.45, 7) is 0. The van der Waals surface area contributed by atoms with E-state index in [0.717, 1.165) is 0 Å². The SMILES string of the molecule is c1ccc(-n2c3ccccc3c3c([Si](c4ccccc4)(c4ccccc4)c4cccc5sc6ccccc6c45)cccc32)cc1. The van der Waals surface area contributed by atoms with Gasteiger partial charge in [0.25, 0.3) is 0 Å². The maximum Gasteiger partial charge on any atom is 0.181 e. The Kier molecular flexibility index (Phi) is 6.08. The highest BCUT2D eigenvalue weighted by atomic mass is 32.1. The number of thiophene rings is 1. The van der Waals surface area contributed by atoms with Gasteiger partial charge in [-0.2, -0.15) is 0 Å². The molecule has 0 atom stereocenters. The van der Waals surface area contributed by atoms with Crippen LogP contribution in [0.5, 0.6) is 0 Å². The first kappa shape index (κ1) is 26.2. The number of fused-ring (bicyclic) bond motifs is 6. The highest BCUT2D eigenvalue weighted by Gasteiger charge is 2.44. The minimum Gasteiger partial charge on any atom is -0.309 e. The summed E-state index contributed by atoms with van der Waals surface area (Å²) in [7, 11) is -2.92.